The number of piperidine rings is 1. The summed E-state index contributed by atoms with van der Waals surface area (Å²) < 4.78 is 10.3. The third-order valence-corrected chi connectivity index (χ3v) is 6.90. The van der Waals surface area contributed by atoms with Crippen LogP contribution in [0.3, 0.4) is 0 Å². The predicted molar refractivity (Wildman–Crippen MR) is 113 cm³/mol. The molecule has 1 saturated heterocycles. The first kappa shape index (κ1) is 18.7. The maximum absolute atomic E-state index is 13.2. The number of hydrogen-bond donors (Lipinski definition) is 0. The molecule has 1 amide bonds. The molecule has 0 unspecified atom stereocenters. The first-order chi connectivity index (χ1) is 15.2. The van der Waals surface area contributed by atoms with E-state index in [1.807, 2.05) is 32.3 Å². The van der Waals surface area contributed by atoms with Crippen LogP contribution in [0.4, 0.5) is 0 Å². The van der Waals surface area contributed by atoms with Crippen LogP contribution in [-0.4, -0.2) is 55.0 Å². The molecule has 0 aliphatic carbocycles. The largest absolute Gasteiger partial charge is 0.368 e. The summed E-state index contributed by atoms with van der Waals surface area (Å²) in [5, 5.41) is 13.4. The predicted octanol–water partition coefficient (Wildman–Crippen LogP) is 2.50. The Kier molecular flexibility index (Phi) is 4.41. The first-order valence-electron chi connectivity index (χ1n) is 11.2. The summed E-state index contributed by atoms with van der Waals surface area (Å²) in [6.45, 7) is 2.81. The Labute approximate surface area is 180 Å². The molecule has 3 aromatic rings. The van der Waals surface area contributed by atoms with Gasteiger partial charge in [0.25, 0.3) is 5.91 Å². The topological polar surface area (TPSA) is 78.1 Å². The average Bonchev–Trinajstić information content (AvgIpc) is 3.45. The molecule has 0 radical (unpaired) electrons. The van der Waals surface area contributed by atoms with E-state index in [1.165, 1.54) is 5.56 Å². The zero-order valence-corrected chi connectivity index (χ0v) is 17.5. The van der Waals surface area contributed by atoms with E-state index in [0.717, 1.165) is 62.3 Å². The van der Waals surface area contributed by atoms with Crippen molar-refractivity contribution in [1.29, 1.82) is 0 Å². The molecule has 0 bridgehead atoms. The summed E-state index contributed by atoms with van der Waals surface area (Å²) in [5.41, 5.74) is 2.93. The number of hydrogen-bond acceptors (Lipinski definition) is 5. The van der Waals surface area contributed by atoms with Gasteiger partial charge in [-0.3, -0.25) is 4.79 Å². The number of fused-ring (bicyclic) bond motifs is 3. The minimum absolute atomic E-state index is 0.0126. The van der Waals surface area contributed by atoms with Crippen molar-refractivity contribution in [2.45, 2.75) is 50.7 Å². The van der Waals surface area contributed by atoms with Crippen LogP contribution in [0.25, 0.3) is 5.69 Å². The SMILES string of the molecule is O=C(c1nnc2n1CCCC2)N1CCC2(CC1)OCCc1cn(-c3ccccc3)nc12. The Hall–Kier alpha value is -3.00. The molecule has 2 aromatic heterocycles. The molecule has 3 aliphatic rings. The van der Waals surface area contributed by atoms with Gasteiger partial charge in [-0.15, -0.1) is 10.2 Å². The molecule has 0 N–H and O–H groups in total. The highest BCUT2D eigenvalue weighted by Crippen LogP contribution is 2.41. The number of likely N-dealkylation sites (tertiary alicyclic amines) is 1. The zero-order chi connectivity index (χ0) is 20.8. The van der Waals surface area contributed by atoms with Gasteiger partial charge in [0.2, 0.25) is 5.82 Å². The van der Waals surface area contributed by atoms with Gasteiger partial charge in [0.15, 0.2) is 0 Å². The summed E-state index contributed by atoms with van der Waals surface area (Å²) in [6, 6.07) is 10.2. The molecule has 1 aromatic carbocycles. The molecule has 1 spiro atoms. The van der Waals surface area contributed by atoms with E-state index in [-0.39, 0.29) is 5.91 Å². The lowest BCUT2D eigenvalue weighted by Gasteiger charge is -2.42. The van der Waals surface area contributed by atoms with Crippen molar-refractivity contribution in [1.82, 2.24) is 29.4 Å². The van der Waals surface area contributed by atoms with Crippen LogP contribution < -0.4 is 0 Å². The van der Waals surface area contributed by atoms with E-state index >= 15 is 0 Å². The van der Waals surface area contributed by atoms with Crippen molar-refractivity contribution in [2.75, 3.05) is 19.7 Å². The second-order valence-electron chi connectivity index (χ2n) is 8.72. The number of nitrogens with zero attached hydrogens (tertiary/aromatic N) is 6. The Balaban J connectivity index is 1.23. The van der Waals surface area contributed by atoms with Crippen molar-refractivity contribution in [3.05, 3.63) is 59.4 Å². The maximum atomic E-state index is 13.2. The number of amides is 1. The van der Waals surface area contributed by atoms with Crippen LogP contribution >= 0.6 is 0 Å². The molecule has 5 heterocycles. The highest BCUT2D eigenvalue weighted by atomic mass is 16.5. The molecule has 0 atom stereocenters. The Bertz CT molecular complexity index is 1110. The van der Waals surface area contributed by atoms with Crippen LogP contribution in [0.15, 0.2) is 36.5 Å². The molecule has 6 rings (SSSR count). The summed E-state index contributed by atoms with van der Waals surface area (Å²) >= 11 is 0. The Morgan fingerprint density at radius 2 is 1.84 bits per heavy atom. The maximum Gasteiger partial charge on any atom is 0.291 e. The van der Waals surface area contributed by atoms with Gasteiger partial charge in [-0.05, 0) is 49.8 Å². The van der Waals surface area contributed by atoms with Crippen molar-refractivity contribution in [3.63, 3.8) is 0 Å². The van der Waals surface area contributed by atoms with E-state index in [1.54, 1.807) is 0 Å². The average molecular weight is 419 g/mol. The summed E-state index contributed by atoms with van der Waals surface area (Å²) in [6.07, 6.45) is 7.61. The monoisotopic (exact) mass is 418 g/mol. The number of benzene rings is 1. The Morgan fingerprint density at radius 1 is 1.00 bits per heavy atom. The molecule has 160 valence electrons. The van der Waals surface area contributed by atoms with Gasteiger partial charge in [0, 0.05) is 32.3 Å². The lowest BCUT2D eigenvalue weighted by atomic mass is 9.84. The molecule has 0 saturated carbocycles. The van der Waals surface area contributed by atoms with Gasteiger partial charge in [-0.2, -0.15) is 5.10 Å². The second kappa shape index (κ2) is 7.30. The standard InChI is InChI=1S/C23H26N6O2/c30-22(21-25-24-19-8-4-5-12-28(19)21)27-13-10-23(11-14-27)20-17(9-15-31-23)16-29(26-20)18-6-2-1-3-7-18/h1-3,6-7,16H,4-5,8-15H2. The number of aryl methyl sites for hydroxylation is 1. The Morgan fingerprint density at radius 3 is 2.68 bits per heavy atom. The molecular weight excluding hydrogens is 392 g/mol. The first-order valence-corrected chi connectivity index (χ1v) is 11.2. The van der Waals surface area contributed by atoms with Crippen LogP contribution in [0, 0.1) is 0 Å². The third kappa shape index (κ3) is 3.08. The highest BCUT2D eigenvalue weighted by Gasteiger charge is 2.44. The van der Waals surface area contributed by atoms with Crippen LogP contribution in [0.5, 0.6) is 0 Å². The molecule has 3 aliphatic heterocycles. The molecule has 8 heteroatoms. The van der Waals surface area contributed by atoms with E-state index in [4.69, 9.17) is 9.84 Å². The third-order valence-electron chi connectivity index (χ3n) is 6.90. The number of aromatic nitrogens is 5. The summed E-state index contributed by atoms with van der Waals surface area (Å²) in [4.78, 5) is 15.1. The van der Waals surface area contributed by atoms with Crippen molar-refractivity contribution < 1.29 is 9.53 Å². The van der Waals surface area contributed by atoms with Crippen molar-refractivity contribution in [2.24, 2.45) is 0 Å². The quantitative estimate of drug-likeness (QED) is 0.639. The number of carbonyl (C=O) groups is 1. The van der Waals surface area contributed by atoms with Crippen molar-refractivity contribution >= 4 is 5.91 Å². The molecular formula is C23H26N6O2. The van der Waals surface area contributed by atoms with E-state index in [2.05, 4.69) is 28.5 Å². The minimum Gasteiger partial charge on any atom is -0.368 e. The minimum atomic E-state index is -0.408. The van der Waals surface area contributed by atoms with Crippen molar-refractivity contribution in [3.8, 4) is 5.69 Å². The van der Waals surface area contributed by atoms with Crippen LogP contribution in [0.2, 0.25) is 0 Å². The van der Waals surface area contributed by atoms with E-state index in [9.17, 15) is 4.79 Å². The second-order valence-corrected chi connectivity index (χ2v) is 8.72. The van der Waals surface area contributed by atoms with Gasteiger partial charge >= 0.3 is 0 Å². The number of ether oxygens (including phenoxy) is 1. The van der Waals surface area contributed by atoms with Gasteiger partial charge in [-0.25, -0.2) is 4.68 Å². The highest BCUT2D eigenvalue weighted by molar-refractivity contribution is 5.90. The molecule has 31 heavy (non-hydrogen) atoms. The van der Waals surface area contributed by atoms with E-state index < -0.39 is 5.60 Å². The summed E-state index contributed by atoms with van der Waals surface area (Å²) in [7, 11) is 0. The normalized spacial score (nSPS) is 19.8. The summed E-state index contributed by atoms with van der Waals surface area (Å²) in [5.74, 6) is 1.42. The van der Waals surface area contributed by atoms with E-state index in [0.29, 0.717) is 25.5 Å². The lowest BCUT2D eigenvalue weighted by molar-refractivity contribution is -0.0964. The smallest absolute Gasteiger partial charge is 0.291 e. The number of carbonyl (C=O) groups excluding carboxylic acids is 1. The van der Waals surface area contributed by atoms with Gasteiger partial charge in [-0.1, -0.05) is 18.2 Å². The van der Waals surface area contributed by atoms with Gasteiger partial charge in [0.1, 0.15) is 11.4 Å². The fourth-order valence-electron chi connectivity index (χ4n) is 5.17. The fourth-order valence-corrected chi connectivity index (χ4v) is 5.17. The van der Waals surface area contributed by atoms with Crippen LogP contribution in [-0.2, 0) is 29.7 Å². The lowest BCUT2D eigenvalue weighted by Crippen LogP contribution is -2.49. The van der Waals surface area contributed by atoms with Gasteiger partial charge in [0.05, 0.1) is 18.0 Å². The molecule has 1 fully saturated rings. The number of rotatable bonds is 2. The van der Waals surface area contributed by atoms with Crippen LogP contribution in [0.1, 0.15) is 53.4 Å². The number of para-hydroxylation sites is 1. The van der Waals surface area contributed by atoms with Gasteiger partial charge < -0.3 is 14.2 Å². The molecule has 8 nitrogen and oxygen atoms in total. The zero-order valence-electron chi connectivity index (χ0n) is 17.5. The fraction of sp³-hybridized carbons (Fsp3) is 0.478.